The number of hydrogen-bond acceptors (Lipinski definition) is 5. The second kappa shape index (κ2) is 8.26. The van der Waals surface area contributed by atoms with Crippen LogP contribution in [0.5, 0.6) is 0 Å². The third-order valence-corrected chi connectivity index (χ3v) is 5.93. The van der Waals surface area contributed by atoms with Crippen LogP contribution in [0, 0.1) is 5.92 Å². The molecule has 2 aliphatic heterocycles. The second-order valence-corrected chi connectivity index (χ2v) is 7.68. The molecule has 0 bridgehead atoms. The quantitative estimate of drug-likeness (QED) is 0.862. The lowest BCUT2D eigenvalue weighted by atomic mass is 9.91. The maximum atomic E-state index is 12.9. The van der Waals surface area contributed by atoms with Gasteiger partial charge in [-0.05, 0) is 37.8 Å². The molecule has 2 aromatic rings. The molecule has 4 rings (SSSR count). The molecule has 2 fully saturated rings. The van der Waals surface area contributed by atoms with Gasteiger partial charge in [-0.25, -0.2) is 9.97 Å². The van der Waals surface area contributed by atoms with Crippen molar-refractivity contribution in [3.63, 3.8) is 0 Å². The fourth-order valence-electron chi connectivity index (χ4n) is 4.28. The Morgan fingerprint density at radius 3 is 2.54 bits per heavy atom. The molecule has 8 nitrogen and oxygen atoms in total. The summed E-state index contributed by atoms with van der Waals surface area (Å²) in [6.07, 6.45) is 5.06. The number of rotatable bonds is 4. The number of hydrogen-bond donors (Lipinski definition) is 1. The summed E-state index contributed by atoms with van der Waals surface area (Å²) in [5, 5.41) is 0. The molecule has 28 heavy (non-hydrogen) atoms. The Kier molecular flexibility index (Phi) is 5.57. The zero-order valence-electron chi connectivity index (χ0n) is 16.3. The number of methoxy groups -OCH3 is 1. The van der Waals surface area contributed by atoms with E-state index in [1.54, 1.807) is 11.1 Å². The Labute approximate surface area is 164 Å². The summed E-state index contributed by atoms with van der Waals surface area (Å²) < 4.78 is 4.91. The molecule has 2 saturated heterocycles. The SMILES string of the molecule is COCC(=O)N1CCC(C(=O)N2CCC(c3nc4ncccc4[nH]3)CC2)CC1. The van der Waals surface area contributed by atoms with Gasteiger partial charge in [0.25, 0.3) is 0 Å². The van der Waals surface area contributed by atoms with E-state index >= 15 is 0 Å². The van der Waals surface area contributed by atoms with E-state index in [-0.39, 0.29) is 24.3 Å². The van der Waals surface area contributed by atoms with Crippen LogP contribution in [-0.4, -0.2) is 76.5 Å². The van der Waals surface area contributed by atoms with E-state index in [4.69, 9.17) is 4.74 Å². The van der Waals surface area contributed by atoms with Crippen LogP contribution in [0.15, 0.2) is 18.3 Å². The van der Waals surface area contributed by atoms with Crippen LogP contribution < -0.4 is 0 Å². The number of piperidine rings is 2. The lowest BCUT2D eigenvalue weighted by Crippen LogP contribution is -2.47. The smallest absolute Gasteiger partial charge is 0.248 e. The Bertz CT molecular complexity index is 802. The van der Waals surface area contributed by atoms with Crippen LogP contribution in [0.3, 0.4) is 0 Å². The van der Waals surface area contributed by atoms with Gasteiger partial charge in [-0.2, -0.15) is 0 Å². The van der Waals surface area contributed by atoms with Crippen LogP contribution in [-0.2, 0) is 14.3 Å². The Morgan fingerprint density at radius 2 is 1.86 bits per heavy atom. The molecular weight excluding hydrogens is 358 g/mol. The summed E-state index contributed by atoms with van der Waals surface area (Å²) >= 11 is 0. The standard InChI is InChI=1S/C20H27N5O3/c1-28-13-17(26)24-9-6-15(7-10-24)20(27)25-11-4-14(5-12-25)18-22-16-3-2-8-21-19(16)23-18/h2-3,8,14-15H,4-7,9-13H2,1H3,(H,21,22,23). The largest absolute Gasteiger partial charge is 0.375 e. The maximum Gasteiger partial charge on any atom is 0.248 e. The normalized spacial score (nSPS) is 19.3. The highest BCUT2D eigenvalue weighted by Crippen LogP contribution is 2.29. The fraction of sp³-hybridized carbons (Fsp3) is 0.600. The first-order chi connectivity index (χ1) is 13.7. The molecule has 1 N–H and O–H groups in total. The van der Waals surface area contributed by atoms with Crippen molar-refractivity contribution in [1.82, 2.24) is 24.8 Å². The molecule has 0 aliphatic carbocycles. The Balaban J connectivity index is 1.29. The van der Waals surface area contributed by atoms with Gasteiger partial charge in [-0.3, -0.25) is 9.59 Å². The maximum absolute atomic E-state index is 12.9. The minimum Gasteiger partial charge on any atom is -0.375 e. The van der Waals surface area contributed by atoms with Gasteiger partial charge in [-0.1, -0.05) is 0 Å². The molecule has 0 aromatic carbocycles. The third kappa shape index (κ3) is 3.87. The number of carbonyl (C=O) groups excluding carboxylic acids is 2. The first-order valence-electron chi connectivity index (χ1n) is 10.0. The van der Waals surface area contributed by atoms with Gasteiger partial charge >= 0.3 is 0 Å². The molecule has 0 radical (unpaired) electrons. The number of H-pyrrole nitrogens is 1. The molecule has 2 amide bonds. The van der Waals surface area contributed by atoms with Crippen molar-refractivity contribution in [2.24, 2.45) is 5.92 Å². The zero-order chi connectivity index (χ0) is 19.5. The number of amides is 2. The van der Waals surface area contributed by atoms with Crippen LogP contribution >= 0.6 is 0 Å². The first kappa shape index (κ1) is 18.9. The number of carbonyl (C=O) groups is 2. The summed E-state index contributed by atoms with van der Waals surface area (Å²) in [6, 6.07) is 3.89. The van der Waals surface area contributed by atoms with Crippen LogP contribution in [0.2, 0.25) is 0 Å². The average Bonchev–Trinajstić information content (AvgIpc) is 3.18. The number of pyridine rings is 1. The fourth-order valence-corrected chi connectivity index (χ4v) is 4.28. The summed E-state index contributed by atoms with van der Waals surface area (Å²) in [5.41, 5.74) is 1.72. The zero-order valence-corrected chi connectivity index (χ0v) is 16.3. The Morgan fingerprint density at radius 1 is 1.14 bits per heavy atom. The van der Waals surface area contributed by atoms with Crippen molar-refractivity contribution in [2.45, 2.75) is 31.6 Å². The molecular formula is C20H27N5O3. The van der Waals surface area contributed by atoms with Gasteiger partial charge in [0.1, 0.15) is 12.4 Å². The monoisotopic (exact) mass is 385 g/mol. The summed E-state index contributed by atoms with van der Waals surface area (Å²) in [6.45, 7) is 2.92. The van der Waals surface area contributed by atoms with Crippen LogP contribution in [0.25, 0.3) is 11.2 Å². The molecule has 4 heterocycles. The van der Waals surface area contributed by atoms with E-state index in [1.165, 1.54) is 7.11 Å². The number of nitrogens with zero attached hydrogens (tertiary/aromatic N) is 4. The number of likely N-dealkylation sites (tertiary alicyclic amines) is 2. The summed E-state index contributed by atoms with van der Waals surface area (Å²) in [4.78, 5) is 40.9. The van der Waals surface area contributed by atoms with E-state index < -0.39 is 0 Å². The van der Waals surface area contributed by atoms with Crippen molar-refractivity contribution in [3.8, 4) is 0 Å². The molecule has 150 valence electrons. The predicted octanol–water partition coefficient (Wildman–Crippen LogP) is 1.55. The molecule has 0 spiro atoms. The molecule has 2 aliphatic rings. The van der Waals surface area contributed by atoms with E-state index in [0.29, 0.717) is 19.0 Å². The minimum atomic E-state index is 0.00883. The van der Waals surface area contributed by atoms with E-state index in [9.17, 15) is 9.59 Å². The molecule has 0 atom stereocenters. The number of aromatic nitrogens is 3. The second-order valence-electron chi connectivity index (χ2n) is 7.68. The minimum absolute atomic E-state index is 0.00883. The number of nitrogens with one attached hydrogen (secondary N) is 1. The summed E-state index contributed by atoms with van der Waals surface area (Å²) in [5.74, 6) is 1.59. The molecule has 0 saturated carbocycles. The van der Waals surface area contributed by atoms with Gasteiger partial charge < -0.3 is 19.5 Å². The lowest BCUT2D eigenvalue weighted by Gasteiger charge is -2.37. The van der Waals surface area contributed by atoms with E-state index in [1.807, 2.05) is 17.0 Å². The predicted molar refractivity (Wildman–Crippen MR) is 104 cm³/mol. The number of ether oxygens (including phenoxy) is 1. The number of imidazole rings is 1. The highest BCUT2D eigenvalue weighted by atomic mass is 16.5. The van der Waals surface area contributed by atoms with Crippen molar-refractivity contribution in [3.05, 3.63) is 24.2 Å². The molecule has 2 aromatic heterocycles. The van der Waals surface area contributed by atoms with Gasteiger partial charge in [0.05, 0.1) is 5.52 Å². The van der Waals surface area contributed by atoms with Crippen LogP contribution in [0.1, 0.15) is 37.4 Å². The van der Waals surface area contributed by atoms with Gasteiger partial charge in [0.15, 0.2) is 5.65 Å². The lowest BCUT2D eigenvalue weighted by molar-refractivity contribution is -0.143. The van der Waals surface area contributed by atoms with Crippen molar-refractivity contribution < 1.29 is 14.3 Å². The molecule has 0 unspecified atom stereocenters. The topological polar surface area (TPSA) is 91.4 Å². The van der Waals surface area contributed by atoms with Crippen molar-refractivity contribution >= 4 is 23.0 Å². The van der Waals surface area contributed by atoms with Crippen molar-refractivity contribution in [2.75, 3.05) is 39.9 Å². The number of aromatic amines is 1. The summed E-state index contributed by atoms with van der Waals surface area (Å²) in [7, 11) is 1.53. The Hall–Kier alpha value is -2.48. The number of fused-ring (bicyclic) bond motifs is 1. The van der Waals surface area contributed by atoms with E-state index in [2.05, 4.69) is 15.0 Å². The highest BCUT2D eigenvalue weighted by molar-refractivity contribution is 5.80. The molecule has 8 heteroatoms. The highest BCUT2D eigenvalue weighted by Gasteiger charge is 2.32. The van der Waals surface area contributed by atoms with Gasteiger partial charge in [0.2, 0.25) is 11.8 Å². The van der Waals surface area contributed by atoms with Crippen molar-refractivity contribution in [1.29, 1.82) is 0 Å². The average molecular weight is 385 g/mol. The van der Waals surface area contributed by atoms with Gasteiger partial charge in [-0.15, -0.1) is 0 Å². The third-order valence-electron chi connectivity index (χ3n) is 5.93. The first-order valence-corrected chi connectivity index (χ1v) is 10.0. The van der Waals surface area contributed by atoms with Crippen LogP contribution in [0.4, 0.5) is 0 Å². The van der Waals surface area contributed by atoms with Gasteiger partial charge in [0, 0.05) is 51.3 Å². The van der Waals surface area contributed by atoms with E-state index in [0.717, 1.165) is 55.8 Å².